The number of nitrogens with zero attached hydrogens (tertiary/aromatic N) is 1. The van der Waals surface area contributed by atoms with E-state index in [9.17, 15) is 19.1 Å². The summed E-state index contributed by atoms with van der Waals surface area (Å²) in [7, 11) is 0. The van der Waals surface area contributed by atoms with E-state index in [4.69, 9.17) is 4.42 Å². The minimum atomic E-state index is -0.919. The Morgan fingerprint density at radius 2 is 1.89 bits per heavy atom. The first-order chi connectivity index (χ1) is 13.0. The summed E-state index contributed by atoms with van der Waals surface area (Å²) in [4.78, 5) is 26.5. The Bertz CT molecular complexity index is 768. The standard InChI is InChI=1S/C20H23FN2O4/c1-13(18(24)14-2-4-17(21)5-3-14)22-19(25)15-6-9-23(10-7-15)20(26)16-8-11-27-12-16/h2-5,8,11-13,15,18,24H,6-7,9-10H2,1H3,(H,22,25). The number of carbonyl (C=O) groups excluding carboxylic acids is 2. The lowest BCUT2D eigenvalue weighted by Crippen LogP contribution is -2.46. The topological polar surface area (TPSA) is 82.8 Å². The molecule has 27 heavy (non-hydrogen) atoms. The first kappa shape index (κ1) is 19.1. The van der Waals surface area contributed by atoms with Crippen LogP contribution in [0.25, 0.3) is 0 Å². The predicted octanol–water partition coefficient (Wildman–Crippen LogP) is 2.51. The molecule has 2 aromatic rings. The van der Waals surface area contributed by atoms with Crippen molar-refractivity contribution in [2.45, 2.75) is 31.9 Å². The number of likely N-dealkylation sites (tertiary alicyclic amines) is 1. The highest BCUT2D eigenvalue weighted by molar-refractivity contribution is 5.94. The van der Waals surface area contributed by atoms with Crippen LogP contribution in [0, 0.1) is 11.7 Å². The summed E-state index contributed by atoms with van der Waals surface area (Å²) in [6.45, 7) is 2.71. The maximum Gasteiger partial charge on any atom is 0.257 e. The number of rotatable bonds is 5. The smallest absolute Gasteiger partial charge is 0.257 e. The molecule has 2 atom stereocenters. The van der Waals surface area contributed by atoms with Crippen LogP contribution in [0.1, 0.15) is 41.8 Å². The van der Waals surface area contributed by atoms with Gasteiger partial charge in [-0.05, 0) is 43.5 Å². The van der Waals surface area contributed by atoms with Gasteiger partial charge in [0.25, 0.3) is 5.91 Å². The van der Waals surface area contributed by atoms with Gasteiger partial charge in [-0.2, -0.15) is 0 Å². The van der Waals surface area contributed by atoms with Gasteiger partial charge in [-0.3, -0.25) is 9.59 Å². The third kappa shape index (κ3) is 4.54. The van der Waals surface area contributed by atoms with Crippen LogP contribution in [0.5, 0.6) is 0 Å². The highest BCUT2D eigenvalue weighted by atomic mass is 19.1. The van der Waals surface area contributed by atoms with Crippen molar-refractivity contribution in [2.24, 2.45) is 5.92 Å². The van der Waals surface area contributed by atoms with Gasteiger partial charge in [-0.1, -0.05) is 12.1 Å². The molecule has 0 radical (unpaired) electrons. The van der Waals surface area contributed by atoms with Crippen molar-refractivity contribution < 1.29 is 23.5 Å². The molecule has 0 spiro atoms. The van der Waals surface area contributed by atoms with Gasteiger partial charge in [0.2, 0.25) is 5.91 Å². The lowest BCUT2D eigenvalue weighted by molar-refractivity contribution is -0.127. The van der Waals surface area contributed by atoms with Crippen molar-refractivity contribution in [2.75, 3.05) is 13.1 Å². The molecule has 7 heteroatoms. The van der Waals surface area contributed by atoms with E-state index >= 15 is 0 Å². The number of piperidine rings is 1. The van der Waals surface area contributed by atoms with Crippen molar-refractivity contribution in [1.82, 2.24) is 10.2 Å². The fourth-order valence-corrected chi connectivity index (χ4v) is 3.28. The van der Waals surface area contributed by atoms with Crippen LogP contribution in [0.3, 0.4) is 0 Å². The van der Waals surface area contributed by atoms with Crippen molar-refractivity contribution in [3.05, 3.63) is 59.8 Å². The van der Waals surface area contributed by atoms with Gasteiger partial charge >= 0.3 is 0 Å². The van der Waals surface area contributed by atoms with Gasteiger partial charge in [-0.25, -0.2) is 4.39 Å². The quantitative estimate of drug-likeness (QED) is 0.842. The second kappa shape index (κ2) is 8.35. The zero-order valence-corrected chi connectivity index (χ0v) is 15.1. The summed E-state index contributed by atoms with van der Waals surface area (Å²) in [6, 6.07) is 6.68. The lowest BCUT2D eigenvalue weighted by Gasteiger charge is -2.32. The van der Waals surface area contributed by atoms with Crippen molar-refractivity contribution in [3.8, 4) is 0 Å². The highest BCUT2D eigenvalue weighted by Crippen LogP contribution is 2.22. The number of amides is 2. The van der Waals surface area contributed by atoms with Crippen LogP contribution in [0.4, 0.5) is 4.39 Å². The predicted molar refractivity (Wildman–Crippen MR) is 96.3 cm³/mol. The minimum absolute atomic E-state index is 0.0947. The van der Waals surface area contributed by atoms with Crippen molar-refractivity contribution in [1.29, 1.82) is 0 Å². The van der Waals surface area contributed by atoms with E-state index in [2.05, 4.69) is 5.32 Å². The van der Waals surface area contributed by atoms with Gasteiger partial charge in [-0.15, -0.1) is 0 Å². The lowest BCUT2D eigenvalue weighted by atomic mass is 9.94. The summed E-state index contributed by atoms with van der Waals surface area (Å²) in [5.74, 6) is -0.817. The number of carbonyl (C=O) groups is 2. The maximum absolute atomic E-state index is 13.0. The molecule has 3 rings (SSSR count). The van der Waals surface area contributed by atoms with Crippen LogP contribution in [-0.2, 0) is 4.79 Å². The Morgan fingerprint density at radius 3 is 2.48 bits per heavy atom. The van der Waals surface area contributed by atoms with Crippen molar-refractivity contribution in [3.63, 3.8) is 0 Å². The summed E-state index contributed by atoms with van der Waals surface area (Å²) in [5, 5.41) is 13.2. The number of nitrogens with one attached hydrogen (secondary N) is 1. The first-order valence-corrected chi connectivity index (χ1v) is 9.01. The number of hydrogen-bond donors (Lipinski definition) is 2. The second-order valence-corrected chi connectivity index (χ2v) is 6.87. The molecule has 1 saturated heterocycles. The Morgan fingerprint density at radius 1 is 1.22 bits per heavy atom. The number of halogens is 1. The number of benzene rings is 1. The van der Waals surface area contributed by atoms with Crippen LogP contribution < -0.4 is 5.32 Å². The fourth-order valence-electron chi connectivity index (χ4n) is 3.28. The van der Waals surface area contributed by atoms with Gasteiger partial charge in [0, 0.05) is 19.0 Å². The molecule has 0 bridgehead atoms. The summed E-state index contributed by atoms with van der Waals surface area (Å²) in [5.41, 5.74) is 1.05. The van der Waals surface area contributed by atoms with Crippen LogP contribution in [0.15, 0.2) is 47.3 Å². The first-order valence-electron chi connectivity index (χ1n) is 9.01. The van der Waals surface area contributed by atoms with Crippen LogP contribution >= 0.6 is 0 Å². The van der Waals surface area contributed by atoms with E-state index in [0.717, 1.165) is 0 Å². The molecular formula is C20H23FN2O4. The van der Waals surface area contributed by atoms with Gasteiger partial charge < -0.3 is 19.7 Å². The molecule has 0 aliphatic carbocycles. The molecule has 1 aromatic carbocycles. The van der Waals surface area contributed by atoms with E-state index < -0.39 is 12.1 Å². The Hall–Kier alpha value is -2.67. The molecular weight excluding hydrogens is 351 g/mol. The molecule has 1 aliphatic heterocycles. The Labute approximate surface area is 157 Å². The number of aliphatic hydroxyl groups excluding tert-OH is 1. The molecule has 144 valence electrons. The molecule has 1 aliphatic rings. The van der Waals surface area contributed by atoms with E-state index in [1.807, 2.05) is 0 Å². The van der Waals surface area contributed by atoms with E-state index in [1.54, 1.807) is 17.9 Å². The van der Waals surface area contributed by atoms with E-state index in [-0.39, 0.29) is 23.5 Å². The zero-order valence-electron chi connectivity index (χ0n) is 15.1. The molecule has 2 heterocycles. The van der Waals surface area contributed by atoms with Crippen molar-refractivity contribution >= 4 is 11.8 Å². The summed E-state index contributed by atoms with van der Waals surface area (Å²) >= 11 is 0. The largest absolute Gasteiger partial charge is 0.472 e. The van der Waals surface area contributed by atoms with E-state index in [0.29, 0.717) is 37.1 Å². The van der Waals surface area contributed by atoms with Gasteiger partial charge in [0.1, 0.15) is 12.1 Å². The van der Waals surface area contributed by atoms with Crippen LogP contribution in [-0.4, -0.2) is 41.0 Å². The maximum atomic E-state index is 13.0. The SMILES string of the molecule is CC(NC(=O)C1CCN(C(=O)c2ccoc2)CC1)C(O)c1ccc(F)cc1. The molecule has 1 aromatic heterocycles. The third-order valence-corrected chi connectivity index (χ3v) is 4.98. The molecule has 2 N–H and O–H groups in total. The average molecular weight is 374 g/mol. The van der Waals surface area contributed by atoms with E-state index in [1.165, 1.54) is 36.8 Å². The van der Waals surface area contributed by atoms with Crippen LogP contribution in [0.2, 0.25) is 0 Å². The van der Waals surface area contributed by atoms with Gasteiger partial charge in [0.05, 0.1) is 24.0 Å². The number of aliphatic hydroxyl groups is 1. The zero-order chi connectivity index (χ0) is 19.4. The Balaban J connectivity index is 1.50. The monoisotopic (exact) mass is 374 g/mol. The molecule has 2 unspecified atom stereocenters. The molecule has 2 amide bonds. The highest BCUT2D eigenvalue weighted by Gasteiger charge is 2.29. The molecule has 6 nitrogen and oxygen atoms in total. The number of hydrogen-bond acceptors (Lipinski definition) is 4. The average Bonchev–Trinajstić information content (AvgIpc) is 3.22. The molecule has 1 fully saturated rings. The second-order valence-electron chi connectivity index (χ2n) is 6.87. The summed E-state index contributed by atoms with van der Waals surface area (Å²) < 4.78 is 17.9. The van der Waals surface area contributed by atoms with Gasteiger partial charge in [0.15, 0.2) is 0 Å². The molecule has 0 saturated carbocycles. The third-order valence-electron chi connectivity index (χ3n) is 4.98. The number of furan rings is 1. The summed E-state index contributed by atoms with van der Waals surface area (Å²) in [6.07, 6.45) is 3.09. The minimum Gasteiger partial charge on any atom is -0.472 e. The fraction of sp³-hybridized carbons (Fsp3) is 0.400. The normalized spacial score (nSPS) is 17.4. The Kier molecular flexibility index (Phi) is 5.91.